The fourth-order valence-corrected chi connectivity index (χ4v) is 3.38. The van der Waals surface area contributed by atoms with Crippen LogP contribution in [0.25, 0.3) is 10.6 Å². The molecule has 0 saturated carbocycles. The molecule has 1 amide bonds. The van der Waals surface area contributed by atoms with Gasteiger partial charge in [0.05, 0.1) is 17.3 Å². The highest BCUT2D eigenvalue weighted by Crippen LogP contribution is 2.28. The third-order valence-electron chi connectivity index (χ3n) is 3.94. The molecule has 6 nitrogen and oxygen atoms in total. The van der Waals surface area contributed by atoms with Crippen molar-refractivity contribution in [2.24, 2.45) is 0 Å². The summed E-state index contributed by atoms with van der Waals surface area (Å²) in [4.78, 5) is 29.6. The van der Waals surface area contributed by atoms with E-state index in [0.717, 1.165) is 10.6 Å². The molecule has 0 spiro atoms. The molecule has 3 aromatic rings. The predicted octanol–water partition coefficient (Wildman–Crippen LogP) is 4.17. The molecule has 0 aliphatic rings. The second kappa shape index (κ2) is 8.46. The van der Waals surface area contributed by atoms with Crippen molar-refractivity contribution in [1.29, 1.82) is 5.26 Å². The smallest absolute Gasteiger partial charge is 0.351 e. The lowest BCUT2D eigenvalue weighted by Gasteiger charge is -2.13. The maximum absolute atomic E-state index is 12.5. The van der Waals surface area contributed by atoms with Gasteiger partial charge in [-0.3, -0.25) is 4.79 Å². The maximum atomic E-state index is 12.5. The highest BCUT2D eigenvalue weighted by Gasteiger charge is 2.23. The van der Waals surface area contributed by atoms with Crippen LogP contribution >= 0.6 is 11.3 Å². The molecule has 0 aliphatic carbocycles. The summed E-state index contributed by atoms with van der Waals surface area (Å²) >= 11 is 1.23. The summed E-state index contributed by atoms with van der Waals surface area (Å²) in [7, 11) is 0. The Morgan fingerprint density at radius 1 is 1.14 bits per heavy atom. The SMILES string of the molecule is Cc1nc(-c2ccccc2)sc1C(=O)O[C@H](C)C(=O)Nc1ccc(C#N)cc1. The molecule has 1 N–H and O–H groups in total. The minimum absolute atomic E-state index is 0.372. The van der Waals surface area contributed by atoms with E-state index < -0.39 is 18.0 Å². The summed E-state index contributed by atoms with van der Waals surface area (Å²) in [6.45, 7) is 3.24. The van der Waals surface area contributed by atoms with Crippen molar-refractivity contribution < 1.29 is 14.3 Å². The lowest BCUT2D eigenvalue weighted by molar-refractivity contribution is -0.123. The quantitative estimate of drug-likeness (QED) is 0.659. The van der Waals surface area contributed by atoms with Gasteiger partial charge in [0.25, 0.3) is 5.91 Å². The molecule has 7 heteroatoms. The van der Waals surface area contributed by atoms with Gasteiger partial charge in [0.15, 0.2) is 6.10 Å². The molecular weight excluding hydrogens is 374 g/mol. The molecule has 2 aromatic carbocycles. The first-order valence-corrected chi connectivity index (χ1v) is 9.34. The Hall–Kier alpha value is -3.50. The molecule has 1 atom stereocenters. The number of esters is 1. The third kappa shape index (κ3) is 4.42. The van der Waals surface area contributed by atoms with Gasteiger partial charge in [-0.05, 0) is 38.1 Å². The number of nitriles is 1. The standard InChI is InChI=1S/C21H17N3O3S/c1-13-18(28-20(23-13)16-6-4-3-5-7-16)21(26)27-14(2)19(25)24-17-10-8-15(12-22)9-11-17/h3-11,14H,1-2H3,(H,24,25)/t14-/m1/s1. The molecule has 1 heterocycles. The average Bonchev–Trinajstić information content (AvgIpc) is 3.11. The van der Waals surface area contributed by atoms with Crippen LogP contribution < -0.4 is 5.32 Å². The van der Waals surface area contributed by atoms with Crippen LogP contribution in [0.15, 0.2) is 54.6 Å². The van der Waals surface area contributed by atoms with Gasteiger partial charge in [0, 0.05) is 11.3 Å². The van der Waals surface area contributed by atoms with Crippen molar-refractivity contribution in [2.75, 3.05) is 5.32 Å². The average molecular weight is 391 g/mol. The highest BCUT2D eigenvalue weighted by atomic mass is 32.1. The van der Waals surface area contributed by atoms with Gasteiger partial charge in [-0.2, -0.15) is 5.26 Å². The predicted molar refractivity (Wildman–Crippen MR) is 107 cm³/mol. The highest BCUT2D eigenvalue weighted by molar-refractivity contribution is 7.17. The van der Waals surface area contributed by atoms with Gasteiger partial charge in [-0.25, -0.2) is 9.78 Å². The van der Waals surface area contributed by atoms with Crippen molar-refractivity contribution in [3.63, 3.8) is 0 Å². The second-order valence-corrected chi connectivity index (χ2v) is 7.02. The fourth-order valence-electron chi connectivity index (χ4n) is 2.43. The molecule has 0 aliphatic heterocycles. The van der Waals surface area contributed by atoms with E-state index in [0.29, 0.717) is 21.8 Å². The van der Waals surface area contributed by atoms with E-state index in [9.17, 15) is 9.59 Å². The number of carbonyl (C=O) groups is 2. The van der Waals surface area contributed by atoms with Gasteiger partial charge in [-0.1, -0.05) is 30.3 Å². The monoisotopic (exact) mass is 391 g/mol. The number of ether oxygens (including phenoxy) is 1. The lowest BCUT2D eigenvalue weighted by Crippen LogP contribution is -2.29. The number of rotatable bonds is 5. The van der Waals surface area contributed by atoms with Crippen LogP contribution in [0.2, 0.25) is 0 Å². The Morgan fingerprint density at radius 2 is 1.82 bits per heavy atom. The number of thiazole rings is 1. The first-order chi connectivity index (χ1) is 13.5. The Bertz CT molecular complexity index is 1040. The van der Waals surface area contributed by atoms with Gasteiger partial charge in [0.2, 0.25) is 0 Å². The Morgan fingerprint density at radius 3 is 2.46 bits per heavy atom. The van der Waals surface area contributed by atoms with Crippen LogP contribution in [-0.2, 0) is 9.53 Å². The van der Waals surface area contributed by atoms with Crippen LogP contribution in [0.3, 0.4) is 0 Å². The molecular formula is C21H17N3O3S. The van der Waals surface area contributed by atoms with Crippen molar-refractivity contribution in [3.8, 4) is 16.6 Å². The summed E-state index contributed by atoms with van der Waals surface area (Å²) in [5.41, 5.74) is 2.49. The molecule has 140 valence electrons. The number of hydrogen-bond acceptors (Lipinski definition) is 6. The van der Waals surface area contributed by atoms with E-state index in [-0.39, 0.29) is 0 Å². The van der Waals surface area contributed by atoms with E-state index in [4.69, 9.17) is 10.00 Å². The van der Waals surface area contributed by atoms with Crippen molar-refractivity contribution in [1.82, 2.24) is 4.98 Å². The normalized spacial score (nSPS) is 11.3. The van der Waals surface area contributed by atoms with Crippen LogP contribution in [-0.4, -0.2) is 23.0 Å². The molecule has 0 fully saturated rings. The first kappa shape index (κ1) is 19.3. The van der Waals surface area contributed by atoms with Crippen molar-refractivity contribution in [2.45, 2.75) is 20.0 Å². The number of nitrogens with zero attached hydrogens (tertiary/aromatic N) is 2. The summed E-state index contributed by atoms with van der Waals surface area (Å²) in [5.74, 6) is -1.04. The van der Waals surface area contributed by atoms with Crippen LogP contribution in [0.1, 0.15) is 27.9 Å². The van der Waals surface area contributed by atoms with E-state index in [1.54, 1.807) is 31.2 Å². The van der Waals surface area contributed by atoms with Crippen LogP contribution in [0, 0.1) is 18.3 Å². The molecule has 0 radical (unpaired) electrons. The number of anilines is 1. The van der Waals surface area contributed by atoms with Gasteiger partial charge >= 0.3 is 5.97 Å². The number of aromatic nitrogens is 1. The number of carbonyl (C=O) groups excluding carboxylic acids is 2. The minimum Gasteiger partial charge on any atom is -0.448 e. The van der Waals surface area contributed by atoms with E-state index >= 15 is 0 Å². The van der Waals surface area contributed by atoms with Gasteiger partial charge in [0.1, 0.15) is 9.88 Å². The van der Waals surface area contributed by atoms with E-state index in [1.165, 1.54) is 18.3 Å². The third-order valence-corrected chi connectivity index (χ3v) is 5.12. The summed E-state index contributed by atoms with van der Waals surface area (Å²) in [5, 5.41) is 12.2. The number of aryl methyl sites for hydroxylation is 1. The van der Waals surface area contributed by atoms with Crippen LogP contribution in [0.4, 0.5) is 5.69 Å². The van der Waals surface area contributed by atoms with E-state index in [2.05, 4.69) is 10.3 Å². The maximum Gasteiger partial charge on any atom is 0.351 e. The first-order valence-electron chi connectivity index (χ1n) is 8.53. The summed E-state index contributed by atoms with van der Waals surface area (Å²) in [6, 6.07) is 18.0. The number of hydrogen-bond donors (Lipinski definition) is 1. The second-order valence-electron chi connectivity index (χ2n) is 6.03. The molecule has 0 unspecified atom stereocenters. The Labute approximate surface area is 166 Å². The zero-order valence-electron chi connectivity index (χ0n) is 15.3. The molecule has 1 aromatic heterocycles. The zero-order valence-corrected chi connectivity index (χ0v) is 16.1. The Balaban J connectivity index is 1.66. The van der Waals surface area contributed by atoms with E-state index in [1.807, 2.05) is 36.4 Å². The van der Waals surface area contributed by atoms with Crippen LogP contribution in [0.5, 0.6) is 0 Å². The number of nitrogens with one attached hydrogen (secondary N) is 1. The van der Waals surface area contributed by atoms with Crippen molar-refractivity contribution >= 4 is 28.9 Å². The molecule has 0 bridgehead atoms. The number of amides is 1. The molecule has 28 heavy (non-hydrogen) atoms. The summed E-state index contributed by atoms with van der Waals surface area (Å²) < 4.78 is 5.31. The zero-order chi connectivity index (χ0) is 20.1. The minimum atomic E-state index is -0.982. The van der Waals surface area contributed by atoms with Crippen molar-refractivity contribution in [3.05, 3.63) is 70.7 Å². The molecule has 0 saturated heterocycles. The lowest BCUT2D eigenvalue weighted by atomic mass is 10.2. The topological polar surface area (TPSA) is 92.1 Å². The van der Waals surface area contributed by atoms with Gasteiger partial charge < -0.3 is 10.1 Å². The Kier molecular flexibility index (Phi) is 5.82. The number of benzene rings is 2. The molecule has 3 rings (SSSR count). The summed E-state index contributed by atoms with van der Waals surface area (Å²) in [6.07, 6.45) is -0.982. The fraction of sp³-hybridized carbons (Fsp3) is 0.143. The largest absolute Gasteiger partial charge is 0.448 e. The van der Waals surface area contributed by atoms with Gasteiger partial charge in [-0.15, -0.1) is 11.3 Å².